The van der Waals surface area contributed by atoms with Crippen LogP contribution in [0.15, 0.2) is 48.5 Å². The van der Waals surface area contributed by atoms with Crippen molar-refractivity contribution in [3.8, 4) is 0 Å². The minimum absolute atomic E-state index is 0.104. The molecule has 7 nitrogen and oxygen atoms in total. The van der Waals surface area contributed by atoms with E-state index in [4.69, 9.17) is 23.2 Å². The first kappa shape index (κ1) is 27.0. The topological polar surface area (TPSA) is 86.8 Å². The van der Waals surface area contributed by atoms with Crippen molar-refractivity contribution in [2.75, 3.05) is 30.2 Å². The van der Waals surface area contributed by atoms with E-state index >= 15 is 0 Å². The molecular weight excluding hydrogens is 485 g/mol. The zero-order valence-electron chi connectivity index (χ0n) is 18.9. The molecule has 1 N–H and O–H groups in total. The van der Waals surface area contributed by atoms with Gasteiger partial charge in [0.2, 0.25) is 21.8 Å². The van der Waals surface area contributed by atoms with E-state index in [9.17, 15) is 18.0 Å². The maximum absolute atomic E-state index is 13.5. The van der Waals surface area contributed by atoms with Crippen LogP contribution < -0.4 is 9.62 Å². The average Bonchev–Trinajstić information content (AvgIpc) is 2.75. The highest BCUT2D eigenvalue weighted by Gasteiger charge is 2.31. The summed E-state index contributed by atoms with van der Waals surface area (Å²) in [5, 5.41) is 3.21. The lowest BCUT2D eigenvalue weighted by Gasteiger charge is -2.33. The van der Waals surface area contributed by atoms with E-state index < -0.39 is 28.5 Å². The largest absolute Gasteiger partial charge is 0.355 e. The Morgan fingerprint density at radius 2 is 1.73 bits per heavy atom. The summed E-state index contributed by atoms with van der Waals surface area (Å²) in [5.74, 6) is -0.780. The molecule has 0 aliphatic carbocycles. The van der Waals surface area contributed by atoms with Crippen molar-refractivity contribution in [2.24, 2.45) is 0 Å². The zero-order chi connectivity index (χ0) is 24.6. The molecule has 0 aliphatic heterocycles. The minimum atomic E-state index is -3.85. The Hall–Kier alpha value is -2.29. The summed E-state index contributed by atoms with van der Waals surface area (Å²) in [4.78, 5) is 27.6. The summed E-state index contributed by atoms with van der Waals surface area (Å²) in [6.07, 6.45) is 1.90. The number of halogens is 2. The lowest BCUT2D eigenvalue weighted by atomic mass is 10.1. The lowest BCUT2D eigenvalue weighted by Crippen LogP contribution is -2.53. The van der Waals surface area contributed by atoms with Gasteiger partial charge in [-0.25, -0.2) is 8.42 Å². The first-order valence-electron chi connectivity index (χ1n) is 10.6. The van der Waals surface area contributed by atoms with Crippen LogP contribution in [0.25, 0.3) is 0 Å². The van der Waals surface area contributed by atoms with Gasteiger partial charge in [-0.2, -0.15) is 0 Å². The fourth-order valence-electron chi connectivity index (χ4n) is 3.47. The molecule has 0 radical (unpaired) electrons. The second-order valence-electron chi connectivity index (χ2n) is 7.51. The Labute approximate surface area is 205 Å². The van der Waals surface area contributed by atoms with E-state index in [-0.39, 0.29) is 23.2 Å². The first-order chi connectivity index (χ1) is 15.6. The minimum Gasteiger partial charge on any atom is -0.355 e. The summed E-state index contributed by atoms with van der Waals surface area (Å²) in [5.41, 5.74) is 1.15. The van der Waals surface area contributed by atoms with Crippen molar-refractivity contribution in [3.05, 3.63) is 64.1 Å². The molecular formula is C23H29Cl2N3O4S. The lowest BCUT2D eigenvalue weighted by molar-refractivity contribution is -0.139. The Bertz CT molecular complexity index is 1060. The van der Waals surface area contributed by atoms with Crippen molar-refractivity contribution in [3.63, 3.8) is 0 Å². The molecule has 2 aromatic rings. The Balaban J connectivity index is 2.38. The van der Waals surface area contributed by atoms with E-state index in [2.05, 4.69) is 5.32 Å². The van der Waals surface area contributed by atoms with Crippen LogP contribution >= 0.6 is 23.2 Å². The second kappa shape index (κ2) is 12.3. The molecule has 10 heteroatoms. The Kier molecular flexibility index (Phi) is 10.0. The number of hydrogen-bond acceptors (Lipinski definition) is 4. The number of hydrogen-bond donors (Lipinski definition) is 1. The molecule has 0 heterocycles. The van der Waals surface area contributed by atoms with E-state index in [1.807, 2.05) is 37.3 Å². The molecule has 1 atom stereocenters. The Morgan fingerprint density at radius 1 is 1.06 bits per heavy atom. The van der Waals surface area contributed by atoms with E-state index in [1.165, 1.54) is 23.1 Å². The van der Waals surface area contributed by atoms with E-state index in [0.29, 0.717) is 24.4 Å². The van der Waals surface area contributed by atoms with Gasteiger partial charge in [-0.15, -0.1) is 0 Å². The van der Waals surface area contributed by atoms with Crippen LogP contribution in [0.3, 0.4) is 0 Å². The number of rotatable bonds is 11. The fraction of sp³-hybridized carbons (Fsp3) is 0.391. The molecule has 2 amide bonds. The van der Waals surface area contributed by atoms with Crippen LogP contribution in [0.2, 0.25) is 10.0 Å². The standard InChI is InChI=1S/C23H29Cl2N3O4S/c1-4-20(23(30)26-5-2)27(14-13-17-9-7-6-8-10-17)22(29)16-28(33(3,31)32)21-12-11-18(24)15-19(21)25/h6-12,15,20H,4-5,13-14,16H2,1-3H3,(H,26,30)/t20-/m1/s1. The molecule has 180 valence electrons. The van der Waals surface area contributed by atoms with Gasteiger partial charge in [-0.3, -0.25) is 13.9 Å². The number of likely N-dealkylation sites (N-methyl/N-ethyl adjacent to an activating group) is 1. The monoisotopic (exact) mass is 513 g/mol. The van der Waals surface area contributed by atoms with Crippen molar-refractivity contribution in [1.29, 1.82) is 0 Å². The number of carbonyl (C=O) groups excluding carboxylic acids is 2. The van der Waals surface area contributed by atoms with Crippen molar-refractivity contribution < 1.29 is 18.0 Å². The molecule has 0 saturated heterocycles. The number of nitrogens with zero attached hydrogens (tertiary/aromatic N) is 2. The summed E-state index contributed by atoms with van der Waals surface area (Å²) in [7, 11) is -3.85. The number of benzene rings is 2. The number of sulfonamides is 1. The van der Waals surface area contributed by atoms with Crippen molar-refractivity contribution in [2.45, 2.75) is 32.7 Å². The van der Waals surface area contributed by atoms with Gasteiger partial charge in [0.05, 0.1) is 17.0 Å². The maximum atomic E-state index is 13.5. The summed E-state index contributed by atoms with van der Waals surface area (Å²) >= 11 is 12.2. The third-order valence-corrected chi connectivity index (χ3v) is 6.74. The van der Waals surface area contributed by atoms with Crippen LogP contribution in [0.4, 0.5) is 5.69 Å². The number of amides is 2. The van der Waals surface area contributed by atoms with Gasteiger partial charge in [-0.05, 0) is 43.5 Å². The normalized spacial score (nSPS) is 12.2. The molecule has 2 rings (SSSR count). The highest BCUT2D eigenvalue weighted by molar-refractivity contribution is 7.92. The average molecular weight is 514 g/mol. The third kappa shape index (κ3) is 7.62. The van der Waals surface area contributed by atoms with Crippen LogP contribution in [0.5, 0.6) is 0 Å². The summed E-state index contributed by atoms with van der Waals surface area (Å²) < 4.78 is 26.1. The molecule has 0 spiro atoms. The van der Waals surface area contributed by atoms with Crippen LogP contribution in [-0.2, 0) is 26.0 Å². The third-order valence-electron chi connectivity index (χ3n) is 5.08. The van der Waals surface area contributed by atoms with Crippen LogP contribution in [-0.4, -0.2) is 57.1 Å². The number of carbonyl (C=O) groups is 2. The molecule has 0 aliphatic rings. The SMILES string of the molecule is CCNC(=O)[C@@H](CC)N(CCc1ccccc1)C(=O)CN(c1ccc(Cl)cc1Cl)S(C)(=O)=O. The van der Waals surface area contributed by atoms with Crippen molar-refractivity contribution in [1.82, 2.24) is 10.2 Å². The first-order valence-corrected chi connectivity index (χ1v) is 13.2. The molecule has 0 unspecified atom stereocenters. The highest BCUT2D eigenvalue weighted by Crippen LogP contribution is 2.30. The molecule has 33 heavy (non-hydrogen) atoms. The van der Waals surface area contributed by atoms with Gasteiger partial charge in [0.15, 0.2) is 0 Å². The van der Waals surface area contributed by atoms with Crippen LogP contribution in [0, 0.1) is 0 Å². The van der Waals surface area contributed by atoms with Gasteiger partial charge in [0.25, 0.3) is 0 Å². The van der Waals surface area contributed by atoms with Gasteiger partial charge < -0.3 is 10.2 Å². The van der Waals surface area contributed by atoms with Gasteiger partial charge in [0, 0.05) is 18.1 Å². The molecule has 0 fully saturated rings. The predicted molar refractivity (Wildman–Crippen MR) is 133 cm³/mol. The van der Waals surface area contributed by atoms with E-state index in [0.717, 1.165) is 16.1 Å². The molecule has 2 aromatic carbocycles. The number of anilines is 1. The van der Waals surface area contributed by atoms with E-state index in [1.54, 1.807) is 6.92 Å². The van der Waals surface area contributed by atoms with Gasteiger partial charge in [-0.1, -0.05) is 60.5 Å². The maximum Gasteiger partial charge on any atom is 0.244 e. The predicted octanol–water partition coefficient (Wildman–Crippen LogP) is 3.75. The number of nitrogens with one attached hydrogen (secondary N) is 1. The highest BCUT2D eigenvalue weighted by atomic mass is 35.5. The van der Waals surface area contributed by atoms with Gasteiger partial charge in [0.1, 0.15) is 12.6 Å². The zero-order valence-corrected chi connectivity index (χ0v) is 21.3. The smallest absolute Gasteiger partial charge is 0.244 e. The molecule has 0 aromatic heterocycles. The molecule has 0 saturated carbocycles. The van der Waals surface area contributed by atoms with Crippen molar-refractivity contribution >= 4 is 50.7 Å². The second-order valence-corrected chi connectivity index (χ2v) is 10.3. The summed E-state index contributed by atoms with van der Waals surface area (Å²) in [6.45, 7) is 3.79. The fourth-order valence-corrected chi connectivity index (χ4v) is 4.89. The van der Waals surface area contributed by atoms with Gasteiger partial charge >= 0.3 is 0 Å². The Morgan fingerprint density at radius 3 is 2.27 bits per heavy atom. The van der Waals surface area contributed by atoms with Crippen LogP contribution in [0.1, 0.15) is 25.8 Å². The summed E-state index contributed by atoms with van der Waals surface area (Å²) in [6, 6.07) is 13.2. The quantitative estimate of drug-likeness (QED) is 0.495. The molecule has 0 bridgehead atoms.